The van der Waals surface area contributed by atoms with Gasteiger partial charge >= 0.3 is 0 Å². The fraction of sp³-hybridized carbons (Fsp3) is 0.647. The first-order valence-electron chi connectivity index (χ1n) is 8.15. The third-order valence-electron chi connectivity index (χ3n) is 5.31. The van der Waals surface area contributed by atoms with Crippen LogP contribution in [-0.4, -0.2) is 39.1 Å². The predicted molar refractivity (Wildman–Crippen MR) is 82.1 cm³/mol. The van der Waals surface area contributed by atoms with Crippen LogP contribution in [0.4, 0.5) is 0 Å². The van der Waals surface area contributed by atoms with Gasteiger partial charge in [-0.15, -0.1) is 0 Å². The molecule has 0 bridgehead atoms. The SMILES string of the molecule is C[C@]1(O)CCCC[C@H]1[C@H]1CCCN1C(=O)c1cc(C#N)c[nH]1. The minimum Gasteiger partial charge on any atom is -0.390 e. The molecule has 0 unspecified atom stereocenters. The number of aromatic amines is 1. The number of hydrogen-bond donors (Lipinski definition) is 2. The lowest BCUT2D eigenvalue weighted by atomic mass is 9.72. The lowest BCUT2D eigenvalue weighted by molar-refractivity contribution is -0.0578. The summed E-state index contributed by atoms with van der Waals surface area (Å²) < 4.78 is 0. The van der Waals surface area contributed by atoms with Crippen LogP contribution in [0.3, 0.4) is 0 Å². The van der Waals surface area contributed by atoms with Crippen LogP contribution < -0.4 is 0 Å². The van der Waals surface area contributed by atoms with Crippen molar-refractivity contribution >= 4 is 5.91 Å². The topological polar surface area (TPSA) is 80.1 Å². The minimum atomic E-state index is -0.681. The molecule has 1 aromatic rings. The first kappa shape index (κ1) is 15.1. The Kier molecular flexibility index (Phi) is 3.96. The van der Waals surface area contributed by atoms with E-state index >= 15 is 0 Å². The maximum atomic E-state index is 12.7. The van der Waals surface area contributed by atoms with Gasteiger partial charge in [0, 0.05) is 24.7 Å². The highest BCUT2D eigenvalue weighted by atomic mass is 16.3. The Morgan fingerprint density at radius 3 is 2.95 bits per heavy atom. The van der Waals surface area contributed by atoms with Crippen LogP contribution >= 0.6 is 0 Å². The van der Waals surface area contributed by atoms with Crippen LogP contribution in [0.1, 0.15) is 61.5 Å². The number of likely N-dealkylation sites (tertiary alicyclic amines) is 1. The Hall–Kier alpha value is -1.80. The second kappa shape index (κ2) is 5.77. The van der Waals surface area contributed by atoms with Crippen molar-refractivity contribution < 1.29 is 9.90 Å². The lowest BCUT2D eigenvalue weighted by Crippen LogP contribution is -2.50. The van der Waals surface area contributed by atoms with Crippen LogP contribution in [0.2, 0.25) is 0 Å². The lowest BCUT2D eigenvalue weighted by Gasteiger charge is -2.43. The molecule has 3 rings (SSSR count). The Bertz CT molecular complexity index is 599. The van der Waals surface area contributed by atoms with Gasteiger partial charge in [-0.05, 0) is 38.7 Å². The molecule has 0 radical (unpaired) electrons. The van der Waals surface area contributed by atoms with E-state index in [1.165, 1.54) is 0 Å². The molecule has 1 aliphatic carbocycles. The minimum absolute atomic E-state index is 0.0506. The van der Waals surface area contributed by atoms with Gasteiger partial charge in [-0.25, -0.2) is 0 Å². The fourth-order valence-corrected chi connectivity index (χ4v) is 4.15. The molecule has 1 amide bonds. The molecule has 1 saturated heterocycles. The van der Waals surface area contributed by atoms with Crippen LogP contribution in [0, 0.1) is 17.2 Å². The molecule has 3 atom stereocenters. The van der Waals surface area contributed by atoms with Crippen LogP contribution in [0.5, 0.6) is 0 Å². The normalized spacial score (nSPS) is 32.0. The molecule has 1 aromatic heterocycles. The number of carbonyl (C=O) groups excluding carboxylic acids is 1. The number of carbonyl (C=O) groups is 1. The van der Waals surface area contributed by atoms with E-state index in [0.29, 0.717) is 11.3 Å². The summed E-state index contributed by atoms with van der Waals surface area (Å²) in [5.41, 5.74) is 0.266. The smallest absolute Gasteiger partial charge is 0.270 e. The van der Waals surface area contributed by atoms with Crippen molar-refractivity contribution in [1.29, 1.82) is 5.26 Å². The highest BCUT2D eigenvalue weighted by Gasteiger charge is 2.44. The summed E-state index contributed by atoms with van der Waals surface area (Å²) in [4.78, 5) is 17.5. The quantitative estimate of drug-likeness (QED) is 0.880. The number of nitriles is 1. The number of nitrogens with zero attached hydrogens (tertiary/aromatic N) is 2. The molecule has 2 aliphatic rings. The second-order valence-corrected chi connectivity index (χ2v) is 6.83. The molecular weight excluding hydrogens is 278 g/mol. The zero-order valence-electron chi connectivity index (χ0n) is 13.0. The van der Waals surface area contributed by atoms with Crippen molar-refractivity contribution in [2.24, 2.45) is 5.92 Å². The zero-order valence-corrected chi connectivity index (χ0v) is 13.0. The Balaban J connectivity index is 1.80. The van der Waals surface area contributed by atoms with E-state index in [0.717, 1.165) is 45.1 Å². The first-order valence-corrected chi connectivity index (χ1v) is 8.15. The van der Waals surface area contributed by atoms with Crippen LogP contribution in [0.25, 0.3) is 0 Å². The summed E-state index contributed by atoms with van der Waals surface area (Å²) in [5.74, 6) is 0.100. The standard InChI is InChI=1S/C17H23N3O2/c1-17(22)7-3-2-5-13(17)15-6-4-8-20(15)16(21)14-9-12(10-18)11-19-14/h9,11,13,15,19,22H,2-8H2,1H3/t13-,15+,17-/m0/s1. The van der Waals surface area contributed by atoms with E-state index < -0.39 is 5.60 Å². The maximum Gasteiger partial charge on any atom is 0.270 e. The summed E-state index contributed by atoms with van der Waals surface area (Å²) in [7, 11) is 0. The Morgan fingerprint density at radius 1 is 1.45 bits per heavy atom. The molecule has 118 valence electrons. The summed E-state index contributed by atoms with van der Waals surface area (Å²) in [5, 5.41) is 19.6. The van der Waals surface area contributed by atoms with Crippen LogP contribution in [0.15, 0.2) is 12.3 Å². The second-order valence-electron chi connectivity index (χ2n) is 6.83. The van der Waals surface area contributed by atoms with E-state index in [1.54, 1.807) is 12.3 Å². The monoisotopic (exact) mass is 301 g/mol. The van der Waals surface area contributed by atoms with Crippen molar-refractivity contribution in [2.75, 3.05) is 6.54 Å². The first-order chi connectivity index (χ1) is 10.5. The Morgan fingerprint density at radius 2 is 2.27 bits per heavy atom. The average molecular weight is 301 g/mol. The number of aromatic nitrogens is 1. The highest BCUT2D eigenvalue weighted by Crippen LogP contribution is 2.41. The third-order valence-corrected chi connectivity index (χ3v) is 5.31. The van der Waals surface area contributed by atoms with E-state index in [9.17, 15) is 9.90 Å². The van der Waals surface area contributed by atoms with Gasteiger partial charge in [-0.1, -0.05) is 12.8 Å². The van der Waals surface area contributed by atoms with Crippen molar-refractivity contribution in [1.82, 2.24) is 9.88 Å². The number of hydrogen-bond acceptors (Lipinski definition) is 3. The highest BCUT2D eigenvalue weighted by molar-refractivity contribution is 5.93. The summed E-state index contributed by atoms with van der Waals surface area (Å²) >= 11 is 0. The molecule has 2 fully saturated rings. The number of rotatable bonds is 2. The summed E-state index contributed by atoms with van der Waals surface area (Å²) in [6.07, 6.45) is 7.49. The molecule has 0 spiro atoms. The number of nitrogens with one attached hydrogen (secondary N) is 1. The molecule has 22 heavy (non-hydrogen) atoms. The number of amides is 1. The van der Waals surface area contributed by atoms with Gasteiger partial charge in [-0.2, -0.15) is 5.26 Å². The van der Waals surface area contributed by atoms with Crippen molar-refractivity contribution in [3.8, 4) is 6.07 Å². The van der Waals surface area contributed by atoms with E-state index in [2.05, 4.69) is 4.98 Å². The molecule has 5 heteroatoms. The average Bonchev–Trinajstić information content (AvgIpc) is 3.15. The molecule has 1 saturated carbocycles. The van der Waals surface area contributed by atoms with Gasteiger partial charge in [0.05, 0.1) is 11.2 Å². The largest absolute Gasteiger partial charge is 0.390 e. The molecule has 5 nitrogen and oxygen atoms in total. The fourth-order valence-electron chi connectivity index (χ4n) is 4.15. The van der Waals surface area contributed by atoms with Crippen molar-refractivity contribution in [3.05, 3.63) is 23.5 Å². The van der Waals surface area contributed by atoms with Gasteiger partial charge in [-0.3, -0.25) is 4.79 Å². The Labute approximate surface area is 130 Å². The molecule has 1 aliphatic heterocycles. The van der Waals surface area contributed by atoms with Crippen molar-refractivity contribution in [3.63, 3.8) is 0 Å². The summed E-state index contributed by atoms with van der Waals surface area (Å²) in [6.45, 7) is 2.65. The predicted octanol–water partition coefficient (Wildman–Crippen LogP) is 2.43. The van der Waals surface area contributed by atoms with Gasteiger partial charge in [0.25, 0.3) is 5.91 Å². The number of H-pyrrole nitrogens is 1. The molecule has 0 aromatic carbocycles. The van der Waals surface area contributed by atoms with Gasteiger partial charge < -0.3 is 15.0 Å². The van der Waals surface area contributed by atoms with Gasteiger partial charge in [0.1, 0.15) is 11.8 Å². The molecular formula is C17H23N3O2. The maximum absolute atomic E-state index is 12.7. The summed E-state index contributed by atoms with van der Waals surface area (Å²) in [6, 6.07) is 3.75. The van der Waals surface area contributed by atoms with E-state index in [1.807, 2.05) is 17.9 Å². The third kappa shape index (κ3) is 2.64. The van der Waals surface area contributed by atoms with E-state index in [-0.39, 0.29) is 17.9 Å². The van der Waals surface area contributed by atoms with Crippen molar-refractivity contribution in [2.45, 2.75) is 57.1 Å². The molecule has 2 heterocycles. The van der Waals surface area contributed by atoms with Crippen LogP contribution in [-0.2, 0) is 0 Å². The number of aliphatic hydroxyl groups is 1. The van der Waals surface area contributed by atoms with Gasteiger partial charge in [0.2, 0.25) is 0 Å². The van der Waals surface area contributed by atoms with Gasteiger partial charge in [0.15, 0.2) is 0 Å². The van der Waals surface area contributed by atoms with E-state index in [4.69, 9.17) is 5.26 Å². The zero-order chi connectivity index (χ0) is 15.7. The molecule has 2 N–H and O–H groups in total.